The zero-order chi connectivity index (χ0) is 13.3. The number of rotatable bonds is 2. The van der Waals surface area contributed by atoms with Gasteiger partial charge in [-0.1, -0.05) is 53.0 Å². The number of hydrogen-bond donors (Lipinski definition) is 0. The Hall–Kier alpha value is -0.830. The summed E-state index contributed by atoms with van der Waals surface area (Å²) >= 11 is 17.7. The predicted octanol–water partition coefficient (Wildman–Crippen LogP) is 6.25. The third-order valence-corrected chi connectivity index (χ3v) is 3.30. The van der Waals surface area contributed by atoms with E-state index in [-0.39, 0.29) is 10.6 Å². The Morgan fingerprint density at radius 3 is 2.06 bits per heavy atom. The molecule has 2 rings (SSSR count). The summed E-state index contributed by atoms with van der Waals surface area (Å²) in [5, 5.41) is 0.873. The average molecular weight is 308 g/mol. The van der Waals surface area contributed by atoms with E-state index in [0.29, 0.717) is 21.2 Å². The molecule has 0 saturated heterocycles. The molecule has 0 nitrogen and oxygen atoms in total. The summed E-state index contributed by atoms with van der Waals surface area (Å²) in [6.45, 7) is 0. The fourth-order valence-corrected chi connectivity index (χ4v) is 2.49. The number of hydrogen-bond acceptors (Lipinski definition) is 0. The first-order valence-electron chi connectivity index (χ1n) is 5.02. The molecule has 0 bridgehead atoms. The van der Waals surface area contributed by atoms with Crippen molar-refractivity contribution in [2.75, 3.05) is 0 Å². The van der Waals surface area contributed by atoms with Gasteiger partial charge in [-0.05, 0) is 23.8 Å². The lowest BCUT2D eigenvalue weighted by Crippen LogP contribution is -1.89. The molecule has 0 spiro atoms. The van der Waals surface area contributed by atoms with E-state index in [9.17, 15) is 8.78 Å². The van der Waals surface area contributed by atoms with Crippen LogP contribution in [0.3, 0.4) is 0 Å². The molecule has 0 aliphatic heterocycles. The number of benzene rings is 2. The van der Waals surface area contributed by atoms with Crippen LogP contribution in [0.4, 0.5) is 8.78 Å². The minimum atomic E-state index is -2.62. The van der Waals surface area contributed by atoms with Crippen molar-refractivity contribution >= 4 is 34.8 Å². The first kappa shape index (κ1) is 13.6. The van der Waals surface area contributed by atoms with Gasteiger partial charge < -0.3 is 0 Å². The third-order valence-electron chi connectivity index (χ3n) is 2.44. The van der Waals surface area contributed by atoms with Gasteiger partial charge in [0.05, 0.1) is 5.02 Å². The molecule has 5 heteroatoms. The van der Waals surface area contributed by atoms with E-state index in [4.69, 9.17) is 34.8 Å². The molecular weight excluding hydrogens is 300 g/mol. The number of alkyl halides is 2. The summed E-state index contributed by atoms with van der Waals surface area (Å²) in [6, 6.07) is 9.29. The summed E-state index contributed by atoms with van der Waals surface area (Å²) in [5.41, 5.74) is 0.893. The molecule has 0 amide bonds. The molecule has 0 aliphatic carbocycles. The van der Waals surface area contributed by atoms with Crippen LogP contribution in [0, 0.1) is 0 Å². The van der Waals surface area contributed by atoms with Crippen LogP contribution in [-0.2, 0) is 0 Å². The highest BCUT2D eigenvalue weighted by atomic mass is 35.5. The Bertz CT molecular complexity index is 562. The van der Waals surface area contributed by atoms with Gasteiger partial charge in [0.15, 0.2) is 0 Å². The summed E-state index contributed by atoms with van der Waals surface area (Å²) in [7, 11) is 0. The second kappa shape index (κ2) is 5.43. The molecule has 0 unspecified atom stereocenters. The van der Waals surface area contributed by atoms with Gasteiger partial charge in [0.2, 0.25) is 0 Å². The van der Waals surface area contributed by atoms with E-state index in [1.807, 2.05) is 0 Å². The highest BCUT2D eigenvalue weighted by molar-refractivity contribution is 6.36. The van der Waals surface area contributed by atoms with Gasteiger partial charge >= 0.3 is 0 Å². The average Bonchev–Trinajstić information content (AvgIpc) is 2.27. The quantitative estimate of drug-likeness (QED) is 0.615. The highest BCUT2D eigenvalue weighted by Gasteiger charge is 2.15. The van der Waals surface area contributed by atoms with Crippen molar-refractivity contribution in [3.8, 4) is 11.1 Å². The van der Waals surface area contributed by atoms with Crippen LogP contribution in [0.15, 0.2) is 36.4 Å². The van der Waals surface area contributed by atoms with Gasteiger partial charge in [0, 0.05) is 21.2 Å². The molecule has 18 heavy (non-hydrogen) atoms. The van der Waals surface area contributed by atoms with E-state index in [1.54, 1.807) is 24.3 Å². The molecule has 0 heterocycles. The van der Waals surface area contributed by atoms with Gasteiger partial charge in [-0.2, -0.15) is 0 Å². The van der Waals surface area contributed by atoms with Gasteiger partial charge in [-0.3, -0.25) is 0 Å². The van der Waals surface area contributed by atoms with Crippen LogP contribution in [0.25, 0.3) is 11.1 Å². The molecule has 94 valence electrons. The topological polar surface area (TPSA) is 0 Å². The van der Waals surface area contributed by atoms with Crippen LogP contribution in [0.1, 0.15) is 12.0 Å². The minimum Gasteiger partial charge on any atom is -0.205 e. The first-order chi connectivity index (χ1) is 8.49. The Morgan fingerprint density at radius 2 is 1.50 bits per heavy atom. The van der Waals surface area contributed by atoms with Gasteiger partial charge in [0.25, 0.3) is 6.43 Å². The summed E-state index contributed by atoms with van der Waals surface area (Å²) in [4.78, 5) is 0. The summed E-state index contributed by atoms with van der Waals surface area (Å²) < 4.78 is 25.5. The molecule has 2 aromatic carbocycles. The maximum Gasteiger partial charge on any atom is 0.265 e. The summed E-state index contributed by atoms with van der Waals surface area (Å²) in [6.07, 6.45) is -2.62. The van der Waals surface area contributed by atoms with Crippen LogP contribution >= 0.6 is 34.8 Å². The normalized spacial score (nSPS) is 11.0. The largest absolute Gasteiger partial charge is 0.265 e. The number of halogens is 5. The molecule has 2 aromatic rings. The van der Waals surface area contributed by atoms with Crippen molar-refractivity contribution in [3.63, 3.8) is 0 Å². The molecule has 0 fully saturated rings. The molecule has 0 saturated carbocycles. The van der Waals surface area contributed by atoms with E-state index in [0.717, 1.165) is 0 Å². The maximum atomic E-state index is 12.7. The smallest absolute Gasteiger partial charge is 0.205 e. The Kier molecular flexibility index (Phi) is 4.10. The van der Waals surface area contributed by atoms with E-state index in [1.165, 1.54) is 12.1 Å². The predicted molar refractivity (Wildman–Crippen MR) is 71.9 cm³/mol. The standard InChI is InChI=1S/C13H7Cl3F2/c14-8-4-7(5-9(15)6-8)10-2-1-3-11(12(10)16)13(17)18/h1-6,13H. The lowest BCUT2D eigenvalue weighted by Gasteiger charge is -2.10. The SMILES string of the molecule is FC(F)c1cccc(-c2cc(Cl)cc(Cl)c2)c1Cl. The molecule has 0 radical (unpaired) electrons. The van der Waals surface area contributed by atoms with E-state index in [2.05, 4.69) is 0 Å². The van der Waals surface area contributed by atoms with Gasteiger partial charge in [-0.15, -0.1) is 0 Å². The lowest BCUT2D eigenvalue weighted by molar-refractivity contribution is 0.151. The second-order valence-electron chi connectivity index (χ2n) is 3.67. The Balaban J connectivity index is 2.60. The zero-order valence-electron chi connectivity index (χ0n) is 8.93. The van der Waals surface area contributed by atoms with Crippen molar-refractivity contribution in [3.05, 3.63) is 57.0 Å². The van der Waals surface area contributed by atoms with E-state index >= 15 is 0 Å². The highest BCUT2D eigenvalue weighted by Crippen LogP contribution is 2.37. The molecule has 0 aliphatic rings. The van der Waals surface area contributed by atoms with Gasteiger partial charge in [0.1, 0.15) is 0 Å². The first-order valence-corrected chi connectivity index (χ1v) is 6.15. The van der Waals surface area contributed by atoms with Crippen molar-refractivity contribution in [1.82, 2.24) is 0 Å². The fraction of sp³-hybridized carbons (Fsp3) is 0.0769. The van der Waals surface area contributed by atoms with Crippen LogP contribution in [0.5, 0.6) is 0 Å². The van der Waals surface area contributed by atoms with Crippen LogP contribution in [-0.4, -0.2) is 0 Å². The van der Waals surface area contributed by atoms with Crippen LogP contribution in [0.2, 0.25) is 15.1 Å². The van der Waals surface area contributed by atoms with Crippen molar-refractivity contribution in [1.29, 1.82) is 0 Å². The van der Waals surface area contributed by atoms with Crippen molar-refractivity contribution in [2.24, 2.45) is 0 Å². The molecular formula is C13H7Cl3F2. The van der Waals surface area contributed by atoms with Crippen molar-refractivity contribution < 1.29 is 8.78 Å². The molecule has 0 aromatic heterocycles. The zero-order valence-corrected chi connectivity index (χ0v) is 11.2. The van der Waals surface area contributed by atoms with Crippen LogP contribution < -0.4 is 0 Å². The fourth-order valence-electron chi connectivity index (χ4n) is 1.65. The molecule has 0 N–H and O–H groups in total. The third kappa shape index (κ3) is 2.77. The minimum absolute atomic E-state index is 0.0193. The Labute approximate surface area is 118 Å². The Morgan fingerprint density at radius 1 is 0.889 bits per heavy atom. The van der Waals surface area contributed by atoms with Gasteiger partial charge in [-0.25, -0.2) is 8.78 Å². The summed E-state index contributed by atoms with van der Waals surface area (Å²) in [5.74, 6) is 0. The maximum absolute atomic E-state index is 12.7. The second-order valence-corrected chi connectivity index (χ2v) is 4.92. The monoisotopic (exact) mass is 306 g/mol. The molecule has 0 atom stereocenters. The van der Waals surface area contributed by atoms with E-state index < -0.39 is 6.43 Å². The lowest BCUT2D eigenvalue weighted by atomic mass is 10.0. The van der Waals surface area contributed by atoms with Crippen molar-refractivity contribution in [2.45, 2.75) is 6.43 Å².